The Balaban J connectivity index is 1.47. The summed E-state index contributed by atoms with van der Waals surface area (Å²) in [6.45, 7) is 0. The molecule has 1 aliphatic heterocycles. The molecule has 156 valence electrons. The van der Waals surface area contributed by atoms with Crippen molar-refractivity contribution in [3.05, 3.63) is 131 Å². The predicted octanol–water partition coefficient (Wildman–Crippen LogP) is 7.30. The minimum Gasteiger partial charge on any atom is -0.457 e. The van der Waals surface area contributed by atoms with Crippen molar-refractivity contribution in [2.75, 3.05) is 4.90 Å². The number of nitrogens with zero attached hydrogens (tertiary/aromatic N) is 1. The molecule has 4 heteroatoms. The van der Waals surface area contributed by atoms with Gasteiger partial charge in [-0.1, -0.05) is 90.6 Å². The summed E-state index contributed by atoms with van der Waals surface area (Å²) in [5, 5.41) is -0.125. The summed E-state index contributed by atoms with van der Waals surface area (Å²) in [7, 11) is 0. The molecule has 0 aliphatic carbocycles. The Morgan fingerprint density at radius 1 is 0.688 bits per heavy atom. The number of para-hydroxylation sites is 1. The zero-order valence-corrected chi connectivity index (χ0v) is 18.1. The van der Waals surface area contributed by atoms with Gasteiger partial charge >= 0.3 is 0 Å². The molecule has 1 atom stereocenters. The molecule has 3 nitrogen and oxygen atoms in total. The lowest BCUT2D eigenvalue weighted by molar-refractivity contribution is -0.114. The molecule has 1 amide bonds. The van der Waals surface area contributed by atoms with Gasteiger partial charge in [0.05, 0.1) is 4.91 Å². The van der Waals surface area contributed by atoms with Crippen molar-refractivity contribution < 1.29 is 9.53 Å². The summed E-state index contributed by atoms with van der Waals surface area (Å²) < 4.78 is 5.91. The smallest absolute Gasteiger partial charge is 0.266 e. The van der Waals surface area contributed by atoms with Gasteiger partial charge in [-0.3, -0.25) is 9.69 Å². The molecule has 1 fully saturated rings. The van der Waals surface area contributed by atoms with Crippen LogP contribution in [0.25, 0.3) is 6.08 Å². The van der Waals surface area contributed by atoms with Crippen molar-refractivity contribution in [3.63, 3.8) is 0 Å². The Morgan fingerprint density at radius 3 is 1.91 bits per heavy atom. The average Bonchev–Trinajstić information content (AvgIpc) is 3.17. The van der Waals surface area contributed by atoms with Crippen molar-refractivity contribution in [1.82, 2.24) is 0 Å². The van der Waals surface area contributed by atoms with Crippen molar-refractivity contribution in [2.24, 2.45) is 0 Å². The molecule has 5 rings (SSSR count). The lowest BCUT2D eigenvalue weighted by Crippen LogP contribution is -2.27. The minimum absolute atomic E-state index is 0.00411. The number of hydrogen-bond donors (Lipinski definition) is 0. The predicted molar refractivity (Wildman–Crippen MR) is 132 cm³/mol. The van der Waals surface area contributed by atoms with Gasteiger partial charge in [0.1, 0.15) is 16.9 Å². The number of rotatable bonds is 5. The van der Waals surface area contributed by atoms with Gasteiger partial charge < -0.3 is 4.74 Å². The third-order valence-corrected chi connectivity index (χ3v) is 6.43. The number of ether oxygens (including phenoxy) is 1. The number of anilines is 1. The normalized spacial score (nSPS) is 17.0. The fraction of sp³-hybridized carbons (Fsp3) is 0.0357. The van der Waals surface area contributed by atoms with Crippen LogP contribution in [-0.2, 0) is 4.79 Å². The first-order valence-corrected chi connectivity index (χ1v) is 11.3. The zero-order chi connectivity index (χ0) is 21.8. The van der Waals surface area contributed by atoms with E-state index in [1.807, 2.05) is 114 Å². The molecule has 0 bridgehead atoms. The Hall–Kier alpha value is -3.76. The van der Waals surface area contributed by atoms with Crippen molar-refractivity contribution >= 4 is 29.4 Å². The Bertz CT molecular complexity index is 1220. The van der Waals surface area contributed by atoms with Crippen molar-refractivity contribution in [2.45, 2.75) is 5.37 Å². The first-order chi connectivity index (χ1) is 15.8. The van der Waals surface area contributed by atoms with E-state index >= 15 is 0 Å². The minimum atomic E-state index is -0.125. The van der Waals surface area contributed by atoms with Gasteiger partial charge in [-0.15, -0.1) is 0 Å². The molecule has 4 aromatic carbocycles. The quantitative estimate of drug-likeness (QED) is 0.308. The highest BCUT2D eigenvalue weighted by atomic mass is 32.2. The van der Waals surface area contributed by atoms with Crippen LogP contribution in [-0.4, -0.2) is 5.91 Å². The highest BCUT2D eigenvalue weighted by Gasteiger charge is 2.38. The summed E-state index contributed by atoms with van der Waals surface area (Å²) in [4.78, 5) is 16.1. The van der Waals surface area contributed by atoms with Gasteiger partial charge in [0.15, 0.2) is 0 Å². The van der Waals surface area contributed by atoms with Gasteiger partial charge in [-0.05, 0) is 53.6 Å². The zero-order valence-electron chi connectivity index (χ0n) is 17.3. The number of benzene rings is 4. The summed E-state index contributed by atoms with van der Waals surface area (Å²) in [6.07, 6.45) is 1.97. The third kappa shape index (κ3) is 4.32. The molecular weight excluding hydrogens is 414 g/mol. The van der Waals surface area contributed by atoms with Crippen LogP contribution in [0, 0.1) is 0 Å². The summed E-state index contributed by atoms with van der Waals surface area (Å²) in [5.41, 5.74) is 2.95. The van der Waals surface area contributed by atoms with Crippen LogP contribution in [0.15, 0.2) is 120 Å². The third-order valence-electron chi connectivity index (χ3n) is 5.18. The molecule has 32 heavy (non-hydrogen) atoms. The van der Waals surface area contributed by atoms with Gasteiger partial charge in [-0.2, -0.15) is 0 Å². The number of thioether (sulfide) groups is 1. The lowest BCUT2D eigenvalue weighted by Gasteiger charge is -2.24. The highest BCUT2D eigenvalue weighted by molar-refractivity contribution is 8.05. The fourth-order valence-electron chi connectivity index (χ4n) is 3.63. The largest absolute Gasteiger partial charge is 0.457 e. The van der Waals surface area contributed by atoms with Crippen LogP contribution in [0.4, 0.5) is 5.69 Å². The second-order valence-corrected chi connectivity index (χ2v) is 8.51. The second-order valence-electron chi connectivity index (χ2n) is 7.38. The van der Waals surface area contributed by atoms with Crippen LogP contribution < -0.4 is 9.64 Å². The number of hydrogen-bond acceptors (Lipinski definition) is 3. The van der Waals surface area contributed by atoms with Crippen LogP contribution >= 0.6 is 11.8 Å². The van der Waals surface area contributed by atoms with Crippen LogP contribution in [0.1, 0.15) is 16.5 Å². The molecule has 1 unspecified atom stereocenters. The molecule has 0 aromatic heterocycles. The Morgan fingerprint density at radius 2 is 1.25 bits per heavy atom. The summed E-state index contributed by atoms with van der Waals surface area (Å²) >= 11 is 1.58. The van der Waals surface area contributed by atoms with E-state index in [-0.39, 0.29) is 11.3 Å². The van der Waals surface area contributed by atoms with E-state index in [0.29, 0.717) is 0 Å². The highest BCUT2D eigenvalue weighted by Crippen LogP contribution is 2.48. The van der Waals surface area contributed by atoms with E-state index in [1.54, 1.807) is 11.8 Å². The molecule has 0 N–H and O–H groups in total. The van der Waals surface area contributed by atoms with E-state index in [1.165, 1.54) is 0 Å². The molecule has 0 radical (unpaired) electrons. The van der Waals surface area contributed by atoms with Gasteiger partial charge in [-0.25, -0.2) is 0 Å². The van der Waals surface area contributed by atoms with Gasteiger partial charge in [0.25, 0.3) is 5.91 Å². The summed E-state index contributed by atoms with van der Waals surface area (Å²) in [6, 6.07) is 37.5. The van der Waals surface area contributed by atoms with E-state index in [2.05, 4.69) is 12.1 Å². The molecule has 1 heterocycles. The maximum atomic E-state index is 13.5. The van der Waals surface area contributed by atoms with Crippen LogP contribution in [0.5, 0.6) is 11.5 Å². The SMILES string of the molecule is O=C1/C(=C/c2ccccc2)SC(c2ccccc2)N1c1ccc(Oc2ccccc2)cc1. The summed E-state index contributed by atoms with van der Waals surface area (Å²) in [5.74, 6) is 1.52. The molecule has 4 aromatic rings. The first kappa shape index (κ1) is 20.2. The average molecular weight is 436 g/mol. The standard InChI is InChI=1S/C28H21NO2S/c30-27-26(20-21-10-4-1-5-11-21)32-28(22-12-6-2-7-13-22)29(27)23-16-18-25(19-17-23)31-24-14-8-3-9-15-24/h1-20,28H/b26-20-. The second kappa shape index (κ2) is 9.16. The number of carbonyl (C=O) groups excluding carboxylic acids is 1. The fourth-order valence-corrected chi connectivity index (χ4v) is 4.89. The molecular formula is C28H21NO2S. The van der Waals surface area contributed by atoms with Crippen molar-refractivity contribution in [3.8, 4) is 11.5 Å². The van der Waals surface area contributed by atoms with Crippen LogP contribution in [0.3, 0.4) is 0 Å². The first-order valence-electron chi connectivity index (χ1n) is 10.4. The van der Waals surface area contributed by atoms with E-state index < -0.39 is 0 Å². The van der Waals surface area contributed by atoms with Crippen molar-refractivity contribution in [1.29, 1.82) is 0 Å². The van der Waals surface area contributed by atoms with Gasteiger partial charge in [0, 0.05) is 5.69 Å². The van der Waals surface area contributed by atoms with E-state index in [0.717, 1.165) is 33.2 Å². The van der Waals surface area contributed by atoms with Crippen LogP contribution in [0.2, 0.25) is 0 Å². The monoisotopic (exact) mass is 435 g/mol. The molecule has 0 spiro atoms. The maximum Gasteiger partial charge on any atom is 0.266 e. The molecule has 1 aliphatic rings. The number of carbonyl (C=O) groups is 1. The Labute approximate surface area is 192 Å². The van der Waals surface area contributed by atoms with Gasteiger partial charge in [0.2, 0.25) is 0 Å². The Kier molecular flexibility index (Phi) is 5.77. The lowest BCUT2D eigenvalue weighted by atomic mass is 10.1. The maximum absolute atomic E-state index is 13.5. The van der Waals surface area contributed by atoms with E-state index in [9.17, 15) is 4.79 Å². The van der Waals surface area contributed by atoms with E-state index in [4.69, 9.17) is 4.74 Å². The number of amides is 1. The topological polar surface area (TPSA) is 29.5 Å². The molecule has 0 saturated carbocycles. The molecule has 1 saturated heterocycles.